The Labute approximate surface area is 332 Å². The predicted octanol–water partition coefficient (Wildman–Crippen LogP) is 14.7. The van der Waals surface area contributed by atoms with Crippen molar-refractivity contribution in [2.45, 2.75) is 0 Å². The summed E-state index contributed by atoms with van der Waals surface area (Å²) >= 11 is 1.88. The number of para-hydroxylation sites is 4. The van der Waals surface area contributed by atoms with E-state index in [1.807, 2.05) is 17.5 Å². The molecule has 57 heavy (non-hydrogen) atoms. The van der Waals surface area contributed by atoms with E-state index in [0.717, 1.165) is 55.1 Å². The third-order valence-electron chi connectivity index (χ3n) is 11.6. The Morgan fingerprint density at radius 2 is 0.895 bits per heavy atom. The number of benzene rings is 8. The highest BCUT2D eigenvalue weighted by molar-refractivity contribution is 7.26. The summed E-state index contributed by atoms with van der Waals surface area (Å²) in [7, 11) is 0. The first-order valence-corrected chi connectivity index (χ1v) is 20.2. The average Bonchev–Trinajstić information content (AvgIpc) is 3.67. The topological polar surface area (TPSA) is 22.8 Å². The molecule has 0 amide bonds. The Morgan fingerprint density at radius 3 is 1.61 bits per heavy atom. The van der Waals surface area contributed by atoms with E-state index in [-0.39, 0.29) is 0 Å². The predicted molar refractivity (Wildman–Crippen MR) is 244 cm³/mol. The van der Waals surface area contributed by atoms with Gasteiger partial charge in [0, 0.05) is 48.5 Å². The van der Waals surface area contributed by atoms with Gasteiger partial charge in [0.1, 0.15) is 0 Å². The van der Waals surface area contributed by atoms with E-state index in [1.165, 1.54) is 52.8 Å². The van der Waals surface area contributed by atoms with Crippen LogP contribution < -0.4 is 0 Å². The van der Waals surface area contributed by atoms with Gasteiger partial charge in [-0.1, -0.05) is 127 Å². The molecule has 0 unspecified atom stereocenters. The molecule has 3 aromatic heterocycles. The molecule has 0 fully saturated rings. The van der Waals surface area contributed by atoms with Crippen LogP contribution in [0.15, 0.2) is 200 Å². The van der Waals surface area contributed by atoms with Crippen molar-refractivity contribution in [2.24, 2.45) is 0 Å². The third kappa shape index (κ3) is 4.88. The summed E-state index contributed by atoms with van der Waals surface area (Å²) in [6.07, 6.45) is 1.93. The molecule has 9 aromatic carbocycles. The number of fused-ring (bicyclic) bond motifs is 13. The molecule has 0 saturated carbocycles. The fourth-order valence-corrected chi connectivity index (χ4v) is 10.3. The minimum atomic E-state index is 0.977. The molecule has 4 heteroatoms. The van der Waals surface area contributed by atoms with Crippen molar-refractivity contribution in [3.05, 3.63) is 200 Å². The number of hydrogen-bond acceptors (Lipinski definition) is 2. The number of pyridine rings is 1. The van der Waals surface area contributed by atoms with Gasteiger partial charge in [0.25, 0.3) is 0 Å². The van der Waals surface area contributed by atoms with Gasteiger partial charge >= 0.3 is 0 Å². The minimum Gasteiger partial charge on any atom is -0.306 e. The zero-order valence-corrected chi connectivity index (χ0v) is 31.6. The van der Waals surface area contributed by atoms with Crippen molar-refractivity contribution >= 4 is 96.8 Å². The van der Waals surface area contributed by atoms with Crippen LogP contribution in [0, 0.1) is 0 Å². The molecule has 3 heterocycles. The number of hydrogen-bond donors (Lipinski definition) is 0. The lowest BCUT2D eigenvalue weighted by atomic mass is 9.93. The molecule has 0 aliphatic rings. The van der Waals surface area contributed by atoms with Crippen molar-refractivity contribution in [3.8, 4) is 22.5 Å². The van der Waals surface area contributed by atoms with E-state index >= 15 is 0 Å². The fraction of sp³-hybridized carbons (Fsp3) is 0. The number of nitrogens with zero attached hydrogens (tertiary/aromatic N) is 3. The maximum Gasteiger partial charge on any atom is 0.0787 e. The van der Waals surface area contributed by atoms with Crippen LogP contribution in [0.25, 0.3) is 108 Å². The van der Waals surface area contributed by atoms with Crippen LogP contribution in [0.4, 0.5) is 0 Å². The SMILES string of the molecule is c1ccc(-n2c3ccccc3n(-c3ccccc3)c3cc4c(cc32)c2ccc(-c3cccc5c3sc3ccccc35)cc2c2ccccc2c2cccnc24)cc1. The maximum absolute atomic E-state index is 5.19. The molecule has 0 aliphatic carbocycles. The Hall–Kier alpha value is -7.27. The molecule has 266 valence electrons. The number of thiophene rings is 1. The van der Waals surface area contributed by atoms with E-state index in [4.69, 9.17) is 4.98 Å². The lowest BCUT2D eigenvalue weighted by Crippen LogP contribution is -2.08. The monoisotopic (exact) mass is 743 g/mol. The zero-order chi connectivity index (χ0) is 37.5. The molecule has 0 aliphatic heterocycles. The van der Waals surface area contributed by atoms with Crippen molar-refractivity contribution < 1.29 is 0 Å². The summed E-state index contributed by atoms with van der Waals surface area (Å²) in [4.78, 5) is 5.19. The van der Waals surface area contributed by atoms with Crippen LogP contribution in [0.5, 0.6) is 0 Å². The van der Waals surface area contributed by atoms with Crippen molar-refractivity contribution in [3.63, 3.8) is 0 Å². The maximum atomic E-state index is 5.19. The summed E-state index contributed by atoms with van der Waals surface area (Å²) in [6, 6.07) is 70.8. The summed E-state index contributed by atoms with van der Waals surface area (Å²) < 4.78 is 7.47. The Balaban J connectivity index is 1.30. The molecule has 12 rings (SSSR count). The first-order chi connectivity index (χ1) is 28.3. The Kier molecular flexibility index (Phi) is 7.10. The van der Waals surface area contributed by atoms with E-state index in [9.17, 15) is 0 Å². The van der Waals surface area contributed by atoms with Gasteiger partial charge < -0.3 is 9.13 Å². The van der Waals surface area contributed by atoms with Gasteiger partial charge in [-0.15, -0.1) is 11.3 Å². The van der Waals surface area contributed by atoms with Gasteiger partial charge in [0.05, 0.1) is 27.6 Å². The molecule has 12 aromatic rings. The molecule has 0 bridgehead atoms. The van der Waals surface area contributed by atoms with Gasteiger partial charge in [-0.25, -0.2) is 0 Å². The highest BCUT2D eigenvalue weighted by Gasteiger charge is 2.18. The van der Waals surface area contributed by atoms with Crippen LogP contribution >= 0.6 is 11.3 Å². The number of aromatic nitrogens is 3. The largest absolute Gasteiger partial charge is 0.306 e. The molecular weight excluding hydrogens is 711 g/mol. The molecule has 3 nitrogen and oxygen atoms in total. The molecule has 0 N–H and O–H groups in total. The average molecular weight is 744 g/mol. The summed E-state index contributed by atoms with van der Waals surface area (Å²) in [5.74, 6) is 0. The molecular formula is C53H33N3S. The van der Waals surface area contributed by atoms with E-state index in [1.54, 1.807) is 0 Å². The lowest BCUT2D eigenvalue weighted by molar-refractivity contribution is 1.09. The van der Waals surface area contributed by atoms with Gasteiger partial charge in [0.15, 0.2) is 0 Å². The van der Waals surface area contributed by atoms with Crippen molar-refractivity contribution in [2.75, 3.05) is 0 Å². The van der Waals surface area contributed by atoms with Crippen molar-refractivity contribution in [1.29, 1.82) is 0 Å². The third-order valence-corrected chi connectivity index (χ3v) is 12.8. The number of rotatable bonds is 3. The van der Waals surface area contributed by atoms with Gasteiger partial charge in [0.2, 0.25) is 0 Å². The van der Waals surface area contributed by atoms with Crippen LogP contribution in [-0.4, -0.2) is 14.1 Å². The second-order valence-corrected chi connectivity index (χ2v) is 15.8. The quantitative estimate of drug-likeness (QED) is 0.165. The minimum absolute atomic E-state index is 0.977. The molecule has 0 saturated heterocycles. The van der Waals surface area contributed by atoms with E-state index in [2.05, 4.69) is 203 Å². The summed E-state index contributed by atoms with van der Waals surface area (Å²) in [5, 5.41) is 10.8. The van der Waals surface area contributed by atoms with Crippen LogP contribution in [0.3, 0.4) is 0 Å². The molecule has 0 atom stereocenters. The second-order valence-electron chi connectivity index (χ2n) is 14.7. The summed E-state index contributed by atoms with van der Waals surface area (Å²) in [5.41, 5.74) is 10.1. The van der Waals surface area contributed by atoms with Gasteiger partial charge in [-0.3, -0.25) is 4.98 Å². The normalized spacial score (nSPS) is 11.9. The van der Waals surface area contributed by atoms with E-state index in [0.29, 0.717) is 0 Å². The summed E-state index contributed by atoms with van der Waals surface area (Å²) in [6.45, 7) is 0. The second kappa shape index (κ2) is 12.6. The first kappa shape index (κ1) is 32.0. The fourth-order valence-electron chi connectivity index (χ4n) is 9.10. The van der Waals surface area contributed by atoms with Crippen molar-refractivity contribution in [1.82, 2.24) is 14.1 Å². The van der Waals surface area contributed by atoms with Gasteiger partial charge in [-0.05, 0) is 105 Å². The highest BCUT2D eigenvalue weighted by atomic mass is 32.1. The highest BCUT2D eigenvalue weighted by Crippen LogP contribution is 2.43. The van der Waals surface area contributed by atoms with Crippen LogP contribution in [0.1, 0.15) is 0 Å². The molecule has 0 spiro atoms. The smallest absolute Gasteiger partial charge is 0.0787 e. The zero-order valence-electron chi connectivity index (χ0n) is 30.8. The van der Waals surface area contributed by atoms with Crippen LogP contribution in [-0.2, 0) is 0 Å². The Morgan fingerprint density at radius 1 is 0.351 bits per heavy atom. The standard InChI is InChI=1S/C53H33N3S/c1-3-15-35(16-4-1)55-47-25-10-11-26-48(47)56(36-17-5-2-6-18-36)50-33-46-45(32-49(50)55)40-29-28-34(37-22-13-23-43-41-21-9-12-27-51(41)57-53(37)43)31-44(40)39-20-8-7-19-38(39)42-24-14-30-54-52(42)46/h1-33H. The Bertz CT molecular complexity index is 3630. The lowest BCUT2D eigenvalue weighted by Gasteiger charge is -2.23. The van der Waals surface area contributed by atoms with E-state index < -0.39 is 0 Å². The van der Waals surface area contributed by atoms with Gasteiger partial charge in [-0.2, -0.15) is 0 Å². The van der Waals surface area contributed by atoms with Crippen LogP contribution in [0.2, 0.25) is 0 Å². The molecule has 0 radical (unpaired) electrons. The first-order valence-electron chi connectivity index (χ1n) is 19.4.